The molecule has 7 heteroatoms. The number of aromatic nitrogens is 2. The van der Waals surface area contributed by atoms with Gasteiger partial charge in [-0.25, -0.2) is 14.4 Å². The third-order valence-corrected chi connectivity index (χ3v) is 2.51. The van der Waals surface area contributed by atoms with Gasteiger partial charge in [-0.1, -0.05) is 0 Å². The molecular weight excluding hydrogens is 261 g/mol. The standard InChI is InChI=1S/C13H10FN5O/c1-8(20)18-11(6-15)12-13(16)19(7-17-12)10-4-2-9(14)3-5-10/h2-5,7H,16H2,1H3. The van der Waals surface area contributed by atoms with E-state index in [2.05, 4.69) is 9.98 Å². The SMILES string of the molecule is CC(=O)N=C(C#N)c1ncn(-c2ccc(F)cc2)c1N. The molecule has 1 heterocycles. The molecule has 0 radical (unpaired) electrons. The molecule has 0 aliphatic rings. The number of hydrogen-bond donors (Lipinski definition) is 1. The Morgan fingerprint density at radius 1 is 1.45 bits per heavy atom. The maximum absolute atomic E-state index is 12.9. The monoisotopic (exact) mass is 271 g/mol. The molecule has 1 aromatic carbocycles. The minimum atomic E-state index is -0.516. The lowest BCUT2D eigenvalue weighted by molar-refractivity contribution is -0.115. The fourth-order valence-electron chi connectivity index (χ4n) is 1.64. The number of rotatable bonds is 2. The van der Waals surface area contributed by atoms with Crippen molar-refractivity contribution in [2.75, 3.05) is 5.73 Å². The van der Waals surface area contributed by atoms with E-state index in [0.717, 1.165) is 0 Å². The predicted molar refractivity (Wildman–Crippen MR) is 70.8 cm³/mol. The van der Waals surface area contributed by atoms with Crippen LogP contribution < -0.4 is 5.73 Å². The summed E-state index contributed by atoms with van der Waals surface area (Å²) in [4.78, 5) is 18.5. The zero-order valence-corrected chi connectivity index (χ0v) is 10.5. The van der Waals surface area contributed by atoms with Crippen molar-refractivity contribution in [3.63, 3.8) is 0 Å². The molecule has 0 saturated heterocycles. The molecule has 2 N–H and O–H groups in total. The Hall–Kier alpha value is -3.01. The Balaban J connectivity index is 2.49. The van der Waals surface area contributed by atoms with Crippen molar-refractivity contribution >= 4 is 17.4 Å². The van der Waals surface area contributed by atoms with Gasteiger partial charge in [0.25, 0.3) is 0 Å². The molecule has 0 fully saturated rings. The molecule has 20 heavy (non-hydrogen) atoms. The third-order valence-electron chi connectivity index (χ3n) is 2.51. The highest BCUT2D eigenvalue weighted by atomic mass is 19.1. The molecule has 0 unspecified atom stereocenters. The molecule has 2 rings (SSSR count). The van der Waals surface area contributed by atoms with Gasteiger partial charge in [0.2, 0.25) is 5.91 Å². The van der Waals surface area contributed by atoms with Crippen LogP contribution in [0, 0.1) is 17.1 Å². The summed E-state index contributed by atoms with van der Waals surface area (Å²) in [7, 11) is 0. The number of imidazole rings is 1. The number of carbonyl (C=O) groups is 1. The first-order chi connectivity index (χ1) is 9.52. The summed E-state index contributed by atoms with van der Waals surface area (Å²) in [6.07, 6.45) is 1.38. The highest BCUT2D eigenvalue weighted by Gasteiger charge is 2.15. The van der Waals surface area contributed by atoms with Gasteiger partial charge in [-0.2, -0.15) is 5.26 Å². The maximum Gasteiger partial charge on any atom is 0.243 e. The fraction of sp³-hybridized carbons (Fsp3) is 0.0769. The smallest absolute Gasteiger partial charge is 0.243 e. The lowest BCUT2D eigenvalue weighted by Gasteiger charge is -2.04. The number of nitriles is 1. The molecule has 0 spiro atoms. The molecule has 1 aromatic heterocycles. The van der Waals surface area contributed by atoms with Crippen molar-refractivity contribution in [2.45, 2.75) is 6.92 Å². The number of carbonyl (C=O) groups excluding carboxylic acids is 1. The van der Waals surface area contributed by atoms with Crippen LogP contribution >= 0.6 is 0 Å². The predicted octanol–water partition coefficient (Wildman–Crippen LogP) is 1.45. The van der Waals surface area contributed by atoms with Crippen LogP contribution in [0.5, 0.6) is 0 Å². The van der Waals surface area contributed by atoms with Crippen LogP contribution in [-0.4, -0.2) is 21.2 Å². The van der Waals surface area contributed by atoms with E-state index in [-0.39, 0.29) is 23.0 Å². The molecule has 2 aromatic rings. The number of nitrogens with zero attached hydrogens (tertiary/aromatic N) is 4. The summed E-state index contributed by atoms with van der Waals surface area (Å²) in [5.74, 6) is -0.737. The van der Waals surface area contributed by atoms with Crippen LogP contribution in [0.15, 0.2) is 35.6 Å². The lowest BCUT2D eigenvalue weighted by Crippen LogP contribution is -2.07. The normalized spacial score (nSPS) is 11.2. The average molecular weight is 271 g/mol. The van der Waals surface area contributed by atoms with Crippen molar-refractivity contribution in [1.82, 2.24) is 9.55 Å². The highest BCUT2D eigenvalue weighted by Crippen LogP contribution is 2.18. The Morgan fingerprint density at radius 3 is 2.65 bits per heavy atom. The van der Waals surface area contributed by atoms with Gasteiger partial charge in [-0.05, 0) is 24.3 Å². The van der Waals surface area contributed by atoms with Crippen LogP contribution in [0.2, 0.25) is 0 Å². The van der Waals surface area contributed by atoms with Gasteiger partial charge in [-0.3, -0.25) is 9.36 Å². The fourth-order valence-corrected chi connectivity index (χ4v) is 1.64. The van der Waals surface area contributed by atoms with Gasteiger partial charge >= 0.3 is 0 Å². The van der Waals surface area contributed by atoms with Crippen molar-refractivity contribution < 1.29 is 9.18 Å². The van der Waals surface area contributed by atoms with Crippen LogP contribution in [0.3, 0.4) is 0 Å². The quantitative estimate of drug-likeness (QED) is 0.836. The molecule has 0 bridgehead atoms. The van der Waals surface area contributed by atoms with Crippen LogP contribution in [0.25, 0.3) is 5.69 Å². The second kappa shape index (κ2) is 5.32. The lowest BCUT2D eigenvalue weighted by atomic mass is 10.2. The summed E-state index contributed by atoms with van der Waals surface area (Å²) >= 11 is 0. The van der Waals surface area contributed by atoms with Gasteiger partial charge in [0.1, 0.15) is 29.7 Å². The minimum Gasteiger partial charge on any atom is -0.383 e. The largest absolute Gasteiger partial charge is 0.383 e. The van der Waals surface area contributed by atoms with E-state index in [1.165, 1.54) is 42.1 Å². The van der Waals surface area contributed by atoms with Gasteiger partial charge < -0.3 is 5.73 Å². The molecule has 100 valence electrons. The average Bonchev–Trinajstić information content (AvgIpc) is 2.79. The number of halogens is 1. The molecule has 6 nitrogen and oxygen atoms in total. The van der Waals surface area contributed by atoms with Crippen LogP contribution in [0.4, 0.5) is 10.2 Å². The Morgan fingerprint density at radius 2 is 2.10 bits per heavy atom. The molecule has 0 aliphatic heterocycles. The van der Waals surface area contributed by atoms with E-state index in [1.807, 2.05) is 0 Å². The van der Waals surface area contributed by atoms with E-state index in [4.69, 9.17) is 11.0 Å². The number of nitrogens with two attached hydrogens (primary N) is 1. The molecule has 0 aliphatic carbocycles. The maximum atomic E-state index is 12.9. The Bertz CT molecular complexity index is 724. The first-order valence-corrected chi connectivity index (χ1v) is 5.61. The second-order valence-electron chi connectivity index (χ2n) is 3.92. The topological polar surface area (TPSA) is 97.1 Å². The Labute approximate surface area is 114 Å². The zero-order chi connectivity index (χ0) is 14.7. The summed E-state index contributed by atoms with van der Waals surface area (Å²) in [6.45, 7) is 1.23. The molecular formula is C13H10FN5O. The summed E-state index contributed by atoms with van der Waals surface area (Å²) in [5, 5.41) is 8.98. The van der Waals surface area contributed by atoms with Gasteiger partial charge in [0.05, 0.1) is 0 Å². The van der Waals surface area contributed by atoms with E-state index >= 15 is 0 Å². The van der Waals surface area contributed by atoms with E-state index in [1.54, 1.807) is 6.07 Å². The zero-order valence-electron chi connectivity index (χ0n) is 10.5. The summed E-state index contributed by atoms with van der Waals surface area (Å²) in [5.41, 5.74) is 6.44. The number of nitrogen functional groups attached to an aromatic ring is 1. The van der Waals surface area contributed by atoms with Crippen LogP contribution in [0.1, 0.15) is 12.6 Å². The number of benzene rings is 1. The third kappa shape index (κ3) is 2.54. The Kier molecular flexibility index (Phi) is 3.57. The number of anilines is 1. The van der Waals surface area contributed by atoms with Crippen molar-refractivity contribution in [1.29, 1.82) is 5.26 Å². The van der Waals surface area contributed by atoms with E-state index in [0.29, 0.717) is 5.69 Å². The van der Waals surface area contributed by atoms with Crippen molar-refractivity contribution in [3.05, 3.63) is 42.1 Å². The van der Waals surface area contributed by atoms with Gasteiger partial charge in [0, 0.05) is 12.6 Å². The molecule has 1 amide bonds. The highest BCUT2D eigenvalue weighted by molar-refractivity contribution is 6.16. The first kappa shape index (κ1) is 13.4. The minimum absolute atomic E-state index is 0.118. The van der Waals surface area contributed by atoms with Gasteiger partial charge in [0.15, 0.2) is 5.71 Å². The van der Waals surface area contributed by atoms with Crippen LogP contribution in [-0.2, 0) is 4.79 Å². The van der Waals surface area contributed by atoms with Crippen molar-refractivity contribution in [3.8, 4) is 11.8 Å². The summed E-state index contributed by atoms with van der Waals surface area (Å²) in [6, 6.07) is 7.38. The number of hydrogen-bond acceptors (Lipinski definition) is 4. The molecule has 0 saturated carbocycles. The first-order valence-electron chi connectivity index (χ1n) is 5.61. The van der Waals surface area contributed by atoms with E-state index < -0.39 is 5.91 Å². The number of amides is 1. The summed E-state index contributed by atoms with van der Waals surface area (Å²) < 4.78 is 14.4. The molecule has 0 atom stereocenters. The van der Waals surface area contributed by atoms with Crippen molar-refractivity contribution in [2.24, 2.45) is 4.99 Å². The number of aliphatic imine (C=N–C) groups is 1. The second-order valence-corrected chi connectivity index (χ2v) is 3.92. The van der Waals surface area contributed by atoms with E-state index in [9.17, 15) is 9.18 Å². The van der Waals surface area contributed by atoms with Gasteiger partial charge in [-0.15, -0.1) is 0 Å².